The first kappa shape index (κ1) is 19.8. The summed E-state index contributed by atoms with van der Waals surface area (Å²) in [7, 11) is 0. The highest BCUT2D eigenvalue weighted by Gasteiger charge is 2.27. The van der Waals surface area contributed by atoms with Crippen molar-refractivity contribution >= 4 is 28.6 Å². The Kier molecular flexibility index (Phi) is 5.13. The zero-order valence-corrected chi connectivity index (χ0v) is 19.1. The molecule has 32 heavy (non-hydrogen) atoms. The summed E-state index contributed by atoms with van der Waals surface area (Å²) in [6.45, 7) is 3.64. The van der Waals surface area contributed by atoms with Gasteiger partial charge in [0.25, 0.3) is 5.91 Å². The first-order valence-electron chi connectivity index (χ1n) is 10.8. The summed E-state index contributed by atoms with van der Waals surface area (Å²) in [5.74, 6) is 1.42. The molecule has 4 aromatic rings. The van der Waals surface area contributed by atoms with Crippen LogP contribution in [0.25, 0.3) is 21.1 Å². The molecule has 0 unspecified atom stereocenters. The third-order valence-corrected chi connectivity index (χ3v) is 8.24. The van der Waals surface area contributed by atoms with Gasteiger partial charge in [-0.1, -0.05) is 35.5 Å². The van der Waals surface area contributed by atoms with Crippen LogP contribution in [0.3, 0.4) is 0 Å². The lowest BCUT2D eigenvalue weighted by Gasteiger charge is -2.33. The van der Waals surface area contributed by atoms with Crippen LogP contribution in [0.4, 0.5) is 0 Å². The van der Waals surface area contributed by atoms with Gasteiger partial charge in [-0.2, -0.15) is 4.98 Å². The number of carbonyl (C=O) groups is 1. The number of hydrogen-bond donors (Lipinski definition) is 0. The second-order valence-electron chi connectivity index (χ2n) is 8.18. The van der Waals surface area contributed by atoms with Crippen LogP contribution >= 0.6 is 22.7 Å². The highest BCUT2D eigenvalue weighted by atomic mass is 32.1. The SMILES string of the molecule is O=C(c1cc2c(s1)-c1ccccc1CC2)N1CCN(Cc2nc(-c3cccs3)no2)CC1. The number of benzene rings is 1. The summed E-state index contributed by atoms with van der Waals surface area (Å²) in [4.78, 5) is 25.1. The third-order valence-electron chi connectivity index (χ3n) is 6.17. The molecule has 1 amide bonds. The summed E-state index contributed by atoms with van der Waals surface area (Å²) in [6, 6.07) is 14.7. The number of hydrogen-bond acceptors (Lipinski definition) is 7. The van der Waals surface area contributed by atoms with Gasteiger partial charge in [-0.05, 0) is 47.0 Å². The number of thiophene rings is 2. The van der Waals surface area contributed by atoms with E-state index in [9.17, 15) is 4.79 Å². The van der Waals surface area contributed by atoms with Crippen LogP contribution in [0.1, 0.15) is 26.7 Å². The second kappa shape index (κ2) is 8.27. The van der Waals surface area contributed by atoms with E-state index in [1.807, 2.05) is 22.4 Å². The van der Waals surface area contributed by atoms with E-state index in [-0.39, 0.29) is 5.91 Å². The zero-order valence-electron chi connectivity index (χ0n) is 17.5. The molecule has 0 radical (unpaired) electrons. The molecule has 8 heteroatoms. The number of rotatable bonds is 4. The number of aromatic nitrogens is 2. The Labute approximate surface area is 194 Å². The molecule has 162 valence electrons. The predicted molar refractivity (Wildman–Crippen MR) is 126 cm³/mol. The molecule has 0 bridgehead atoms. The van der Waals surface area contributed by atoms with Crippen molar-refractivity contribution in [1.82, 2.24) is 19.9 Å². The average Bonchev–Trinajstić information content (AvgIpc) is 3.59. The standard InChI is InChI=1S/C24H22N4O2S2/c29-24(20-14-17-8-7-16-4-1-2-5-18(16)22(17)32-20)28-11-9-27(10-12-28)15-21-25-23(26-30-21)19-6-3-13-31-19/h1-6,13-14H,7-12,15H2. The summed E-state index contributed by atoms with van der Waals surface area (Å²) in [6.07, 6.45) is 2.07. The first-order valence-corrected chi connectivity index (χ1v) is 12.5. The van der Waals surface area contributed by atoms with Crippen LogP contribution in [0.5, 0.6) is 0 Å². The van der Waals surface area contributed by atoms with E-state index in [4.69, 9.17) is 4.52 Å². The highest BCUT2D eigenvalue weighted by Crippen LogP contribution is 2.39. The van der Waals surface area contributed by atoms with Crippen molar-refractivity contribution in [2.24, 2.45) is 0 Å². The van der Waals surface area contributed by atoms with Gasteiger partial charge in [-0.3, -0.25) is 9.69 Å². The van der Waals surface area contributed by atoms with Crippen LogP contribution in [0.15, 0.2) is 52.4 Å². The van der Waals surface area contributed by atoms with Gasteiger partial charge >= 0.3 is 0 Å². The first-order chi connectivity index (χ1) is 15.7. The number of amides is 1. The van der Waals surface area contributed by atoms with E-state index in [0.29, 0.717) is 31.3 Å². The molecule has 0 saturated carbocycles. The minimum Gasteiger partial charge on any atom is -0.338 e. The van der Waals surface area contributed by atoms with Crippen LogP contribution in [-0.4, -0.2) is 52.0 Å². The lowest BCUT2D eigenvalue weighted by Crippen LogP contribution is -2.48. The minimum absolute atomic E-state index is 0.152. The molecule has 0 atom stereocenters. The Balaban J connectivity index is 1.10. The van der Waals surface area contributed by atoms with Gasteiger partial charge < -0.3 is 9.42 Å². The van der Waals surface area contributed by atoms with E-state index in [0.717, 1.165) is 35.7 Å². The number of aryl methyl sites for hydroxylation is 2. The number of piperazine rings is 1. The Morgan fingerprint density at radius 2 is 1.88 bits per heavy atom. The molecule has 3 aromatic heterocycles. The molecule has 0 N–H and O–H groups in total. The van der Waals surface area contributed by atoms with E-state index in [1.54, 1.807) is 22.7 Å². The van der Waals surface area contributed by atoms with Crippen LogP contribution < -0.4 is 0 Å². The number of nitrogens with zero attached hydrogens (tertiary/aromatic N) is 4. The topological polar surface area (TPSA) is 62.5 Å². The Morgan fingerprint density at radius 3 is 2.72 bits per heavy atom. The maximum absolute atomic E-state index is 13.2. The van der Waals surface area contributed by atoms with Gasteiger partial charge in [0.05, 0.1) is 16.3 Å². The van der Waals surface area contributed by atoms with Gasteiger partial charge in [0.1, 0.15) is 0 Å². The molecule has 2 aliphatic rings. The Bertz CT molecular complexity index is 1250. The maximum atomic E-state index is 13.2. The molecule has 1 aliphatic carbocycles. The Morgan fingerprint density at radius 1 is 1.03 bits per heavy atom. The van der Waals surface area contributed by atoms with Crippen molar-refractivity contribution < 1.29 is 9.32 Å². The largest absolute Gasteiger partial charge is 0.338 e. The second-order valence-corrected chi connectivity index (χ2v) is 10.2. The molecular formula is C24H22N4O2S2. The van der Waals surface area contributed by atoms with Gasteiger partial charge in [-0.15, -0.1) is 22.7 Å². The van der Waals surface area contributed by atoms with E-state index >= 15 is 0 Å². The van der Waals surface area contributed by atoms with Crippen LogP contribution in [-0.2, 0) is 19.4 Å². The fourth-order valence-electron chi connectivity index (χ4n) is 4.46. The summed E-state index contributed by atoms with van der Waals surface area (Å²) in [5.41, 5.74) is 4.00. The molecule has 1 aromatic carbocycles. The van der Waals surface area contributed by atoms with Gasteiger partial charge in [-0.25, -0.2) is 0 Å². The quantitative estimate of drug-likeness (QED) is 0.444. The van der Waals surface area contributed by atoms with Crippen LogP contribution in [0.2, 0.25) is 0 Å². The fraction of sp³-hybridized carbons (Fsp3) is 0.292. The fourth-order valence-corrected chi connectivity index (χ4v) is 6.35. The van der Waals surface area contributed by atoms with Crippen molar-refractivity contribution in [3.63, 3.8) is 0 Å². The molecule has 6 nitrogen and oxygen atoms in total. The van der Waals surface area contributed by atoms with Crippen molar-refractivity contribution in [3.05, 3.63) is 69.7 Å². The summed E-state index contributed by atoms with van der Waals surface area (Å²) < 4.78 is 5.44. The molecule has 1 fully saturated rings. The van der Waals surface area contributed by atoms with Gasteiger partial charge in [0, 0.05) is 31.1 Å². The number of carbonyl (C=O) groups excluding carboxylic acids is 1. The molecule has 6 rings (SSSR count). The predicted octanol–water partition coefficient (Wildman–Crippen LogP) is 4.58. The Hall–Kier alpha value is -2.81. The van der Waals surface area contributed by atoms with Crippen molar-refractivity contribution in [3.8, 4) is 21.1 Å². The van der Waals surface area contributed by atoms with E-state index < -0.39 is 0 Å². The monoisotopic (exact) mass is 462 g/mol. The minimum atomic E-state index is 0.152. The van der Waals surface area contributed by atoms with Crippen molar-refractivity contribution in [2.45, 2.75) is 19.4 Å². The van der Waals surface area contributed by atoms with Gasteiger partial charge in [0.15, 0.2) is 0 Å². The molecule has 1 aliphatic heterocycles. The lowest BCUT2D eigenvalue weighted by molar-refractivity contribution is 0.0619. The average molecular weight is 463 g/mol. The lowest BCUT2D eigenvalue weighted by atomic mass is 9.91. The molecule has 1 saturated heterocycles. The van der Waals surface area contributed by atoms with E-state index in [2.05, 4.69) is 45.4 Å². The van der Waals surface area contributed by atoms with E-state index in [1.165, 1.54) is 21.6 Å². The maximum Gasteiger partial charge on any atom is 0.264 e. The molecule has 0 spiro atoms. The molecular weight excluding hydrogens is 440 g/mol. The summed E-state index contributed by atoms with van der Waals surface area (Å²) in [5, 5.41) is 6.09. The van der Waals surface area contributed by atoms with Crippen molar-refractivity contribution in [2.75, 3.05) is 26.2 Å². The van der Waals surface area contributed by atoms with Gasteiger partial charge in [0.2, 0.25) is 11.7 Å². The third kappa shape index (κ3) is 3.68. The van der Waals surface area contributed by atoms with Crippen molar-refractivity contribution in [1.29, 1.82) is 0 Å². The normalized spacial score (nSPS) is 16.1. The highest BCUT2D eigenvalue weighted by molar-refractivity contribution is 7.17. The summed E-state index contributed by atoms with van der Waals surface area (Å²) >= 11 is 3.25. The zero-order chi connectivity index (χ0) is 21.5. The smallest absolute Gasteiger partial charge is 0.264 e. The molecule has 4 heterocycles. The van der Waals surface area contributed by atoms with Crippen LogP contribution in [0, 0.1) is 0 Å². The number of fused-ring (bicyclic) bond motifs is 3.